The summed E-state index contributed by atoms with van der Waals surface area (Å²) in [6.45, 7) is 4.83. The van der Waals surface area contributed by atoms with Gasteiger partial charge in [0.2, 0.25) is 11.8 Å². The second kappa shape index (κ2) is 9.96. The third-order valence-electron chi connectivity index (χ3n) is 3.66. The van der Waals surface area contributed by atoms with Gasteiger partial charge < -0.3 is 15.4 Å². The molecular weight excluding hydrogens is 352 g/mol. The van der Waals surface area contributed by atoms with Gasteiger partial charge in [-0.2, -0.15) is 5.10 Å². The van der Waals surface area contributed by atoms with Gasteiger partial charge in [0.15, 0.2) is 5.17 Å². The minimum absolute atomic E-state index is 0.124. The number of hydrogen-bond acceptors (Lipinski definition) is 6. The molecule has 1 fully saturated rings. The summed E-state index contributed by atoms with van der Waals surface area (Å²) in [6.07, 6.45) is 2.64. The predicted octanol–water partition coefficient (Wildman–Crippen LogP) is 2.17. The Morgan fingerprint density at radius 3 is 2.77 bits per heavy atom. The van der Waals surface area contributed by atoms with E-state index in [4.69, 9.17) is 4.74 Å². The molecular formula is C18H24N4O3S. The van der Waals surface area contributed by atoms with Gasteiger partial charge in [-0.1, -0.05) is 25.6 Å². The maximum Gasteiger partial charge on any atom is 0.240 e. The molecule has 0 radical (unpaired) electrons. The number of nitrogens with zero attached hydrogens (tertiary/aromatic N) is 2. The van der Waals surface area contributed by atoms with E-state index in [1.807, 2.05) is 24.3 Å². The zero-order chi connectivity index (χ0) is 18.9. The quantitative estimate of drug-likeness (QED) is 0.537. The molecule has 140 valence electrons. The molecule has 1 aliphatic rings. The van der Waals surface area contributed by atoms with E-state index in [-0.39, 0.29) is 18.2 Å². The zero-order valence-electron chi connectivity index (χ0n) is 15.2. The largest absolute Gasteiger partial charge is 0.497 e. The van der Waals surface area contributed by atoms with Gasteiger partial charge in [-0.3, -0.25) is 9.59 Å². The summed E-state index contributed by atoms with van der Waals surface area (Å²) in [5.74, 6) is 0.956. The van der Waals surface area contributed by atoms with Gasteiger partial charge in [0.1, 0.15) is 11.0 Å². The summed E-state index contributed by atoms with van der Waals surface area (Å²) >= 11 is 1.22. The first-order chi connectivity index (χ1) is 12.5. The molecule has 0 unspecified atom stereocenters. The van der Waals surface area contributed by atoms with Gasteiger partial charge in [0.25, 0.3) is 0 Å². The molecule has 2 N–H and O–H groups in total. The van der Waals surface area contributed by atoms with Crippen LogP contribution in [0.3, 0.4) is 0 Å². The minimum Gasteiger partial charge on any atom is -0.497 e. The molecule has 7 nitrogen and oxygen atoms in total. The zero-order valence-corrected chi connectivity index (χ0v) is 16.0. The Labute approximate surface area is 157 Å². The van der Waals surface area contributed by atoms with Crippen LogP contribution < -0.4 is 15.4 Å². The van der Waals surface area contributed by atoms with Crippen LogP contribution in [-0.4, -0.2) is 42.1 Å². The molecule has 1 heterocycles. The van der Waals surface area contributed by atoms with Crippen LogP contribution in [0.5, 0.6) is 5.75 Å². The number of carbonyl (C=O) groups is 2. The van der Waals surface area contributed by atoms with Crippen molar-refractivity contribution in [1.82, 2.24) is 10.6 Å². The average molecular weight is 376 g/mol. The first-order valence-electron chi connectivity index (χ1n) is 8.47. The summed E-state index contributed by atoms with van der Waals surface area (Å²) in [5, 5.41) is 13.4. The van der Waals surface area contributed by atoms with Crippen molar-refractivity contribution in [2.45, 2.75) is 31.9 Å². The Morgan fingerprint density at radius 1 is 1.38 bits per heavy atom. The highest BCUT2D eigenvalue weighted by molar-refractivity contribution is 8.15. The topological polar surface area (TPSA) is 92.2 Å². The van der Waals surface area contributed by atoms with Crippen molar-refractivity contribution in [1.29, 1.82) is 0 Å². The third-order valence-corrected chi connectivity index (χ3v) is 4.73. The fraction of sp³-hybridized carbons (Fsp3) is 0.444. The summed E-state index contributed by atoms with van der Waals surface area (Å²) < 4.78 is 5.09. The van der Waals surface area contributed by atoms with Crippen molar-refractivity contribution in [2.24, 2.45) is 16.1 Å². The molecule has 1 saturated heterocycles. The number of thioether (sulfide) groups is 1. The lowest BCUT2D eigenvalue weighted by Gasteiger charge is -2.08. The van der Waals surface area contributed by atoms with Crippen LogP contribution in [0.25, 0.3) is 0 Å². The third kappa shape index (κ3) is 6.51. The highest BCUT2D eigenvalue weighted by Gasteiger charge is 2.32. The molecule has 26 heavy (non-hydrogen) atoms. The summed E-state index contributed by atoms with van der Waals surface area (Å²) in [7, 11) is 1.61. The number of nitrogens with one attached hydrogen (secondary N) is 2. The summed E-state index contributed by atoms with van der Waals surface area (Å²) in [4.78, 5) is 23.8. The fourth-order valence-corrected chi connectivity index (χ4v) is 3.09. The lowest BCUT2D eigenvalue weighted by molar-refractivity contribution is -0.125. The van der Waals surface area contributed by atoms with E-state index in [9.17, 15) is 9.59 Å². The fourth-order valence-electron chi connectivity index (χ4n) is 2.17. The van der Waals surface area contributed by atoms with Crippen LogP contribution in [0.4, 0.5) is 0 Å². The maximum atomic E-state index is 11.9. The molecule has 2 amide bonds. The van der Waals surface area contributed by atoms with Gasteiger partial charge in [-0.15, -0.1) is 5.10 Å². The Bertz CT molecular complexity index is 686. The van der Waals surface area contributed by atoms with E-state index in [1.54, 1.807) is 13.3 Å². The van der Waals surface area contributed by atoms with Crippen LogP contribution in [0, 0.1) is 5.92 Å². The smallest absolute Gasteiger partial charge is 0.240 e. The van der Waals surface area contributed by atoms with Gasteiger partial charge in [-0.05, 0) is 42.2 Å². The lowest BCUT2D eigenvalue weighted by Crippen LogP contribution is -2.32. The normalized spacial score (nSPS) is 18.5. The predicted molar refractivity (Wildman–Crippen MR) is 105 cm³/mol. The van der Waals surface area contributed by atoms with Crippen molar-refractivity contribution in [2.75, 3.05) is 13.7 Å². The van der Waals surface area contributed by atoms with Crippen molar-refractivity contribution in [3.05, 3.63) is 29.8 Å². The maximum absolute atomic E-state index is 11.9. The summed E-state index contributed by atoms with van der Waals surface area (Å²) in [5.41, 5.74) is 0.866. The minimum atomic E-state index is -0.469. The molecule has 1 aliphatic heterocycles. The molecule has 1 atom stereocenters. The number of benzene rings is 1. The standard InChI is InChI=1S/C18H24N4O3S/c1-12(2)8-9-19-16(23)10-15-17(24)21-18(26-15)22-20-11-13-4-6-14(25-3)7-5-13/h4-7,11-12,15H,8-10H2,1-3H3,(H,19,23)(H,21,22,24)/b20-11-/t15-/m1/s1. The molecule has 0 spiro atoms. The number of ether oxygens (including phenoxy) is 1. The van der Waals surface area contributed by atoms with Crippen molar-refractivity contribution >= 4 is 35.0 Å². The van der Waals surface area contributed by atoms with E-state index in [0.29, 0.717) is 17.6 Å². The number of methoxy groups -OCH3 is 1. The van der Waals surface area contributed by atoms with E-state index in [2.05, 4.69) is 34.7 Å². The summed E-state index contributed by atoms with van der Waals surface area (Å²) in [6, 6.07) is 7.36. The first kappa shape index (κ1) is 20.0. The van der Waals surface area contributed by atoms with Gasteiger partial charge in [0.05, 0.1) is 13.3 Å². The van der Waals surface area contributed by atoms with Crippen LogP contribution >= 0.6 is 11.8 Å². The molecule has 8 heteroatoms. The van der Waals surface area contributed by atoms with Crippen LogP contribution in [0.15, 0.2) is 34.5 Å². The van der Waals surface area contributed by atoms with Gasteiger partial charge in [0, 0.05) is 13.0 Å². The molecule has 2 rings (SSSR count). The number of amides is 2. The number of rotatable bonds is 8. The SMILES string of the molecule is COc1ccc(/C=N\N=C2\NC(=O)[C@@H](CC(=O)NCCC(C)C)S2)cc1. The van der Waals surface area contributed by atoms with Crippen molar-refractivity contribution in [3.63, 3.8) is 0 Å². The second-order valence-corrected chi connectivity index (χ2v) is 7.45. The Hall–Kier alpha value is -2.35. The van der Waals surface area contributed by atoms with Gasteiger partial charge in [-0.25, -0.2) is 0 Å². The average Bonchev–Trinajstić information content (AvgIpc) is 2.94. The molecule has 1 aromatic rings. The highest BCUT2D eigenvalue weighted by atomic mass is 32.2. The van der Waals surface area contributed by atoms with Crippen LogP contribution in [-0.2, 0) is 9.59 Å². The molecule has 0 aromatic heterocycles. The second-order valence-electron chi connectivity index (χ2n) is 6.26. The van der Waals surface area contributed by atoms with E-state index in [0.717, 1.165) is 17.7 Å². The molecule has 0 saturated carbocycles. The Kier molecular flexibility index (Phi) is 7.65. The van der Waals surface area contributed by atoms with Crippen molar-refractivity contribution < 1.29 is 14.3 Å². The van der Waals surface area contributed by atoms with Crippen LogP contribution in [0.2, 0.25) is 0 Å². The number of hydrogen-bond donors (Lipinski definition) is 2. The van der Waals surface area contributed by atoms with Crippen molar-refractivity contribution in [3.8, 4) is 5.75 Å². The number of carbonyl (C=O) groups excluding carboxylic acids is 2. The molecule has 0 aliphatic carbocycles. The van der Waals surface area contributed by atoms with E-state index < -0.39 is 5.25 Å². The van der Waals surface area contributed by atoms with E-state index in [1.165, 1.54) is 11.8 Å². The first-order valence-corrected chi connectivity index (χ1v) is 9.35. The number of amidine groups is 1. The lowest BCUT2D eigenvalue weighted by atomic mass is 10.1. The van der Waals surface area contributed by atoms with Crippen LogP contribution in [0.1, 0.15) is 32.3 Å². The Balaban J connectivity index is 1.82. The highest BCUT2D eigenvalue weighted by Crippen LogP contribution is 2.22. The monoisotopic (exact) mass is 376 g/mol. The Morgan fingerprint density at radius 2 is 2.12 bits per heavy atom. The molecule has 1 aromatic carbocycles. The van der Waals surface area contributed by atoms with Gasteiger partial charge >= 0.3 is 0 Å². The van der Waals surface area contributed by atoms with E-state index >= 15 is 0 Å². The molecule has 0 bridgehead atoms.